The molecule has 0 radical (unpaired) electrons. The molecule has 4 N–H and O–H groups in total. The van der Waals surface area contributed by atoms with Crippen LogP contribution in [-0.4, -0.2) is 31.8 Å². The molecule has 1 atom stereocenters. The van der Waals surface area contributed by atoms with Gasteiger partial charge in [-0.1, -0.05) is 24.3 Å². The number of nitrogens with zero attached hydrogens (tertiary/aromatic N) is 1. The number of methoxy groups -OCH3 is 2. The van der Waals surface area contributed by atoms with Gasteiger partial charge in [-0.3, -0.25) is 4.99 Å². The molecule has 0 spiro atoms. The molecule has 0 saturated heterocycles. The summed E-state index contributed by atoms with van der Waals surface area (Å²) in [5, 5.41) is 13.5. The molecule has 3 aromatic rings. The van der Waals surface area contributed by atoms with Crippen LogP contribution in [0.2, 0.25) is 0 Å². The van der Waals surface area contributed by atoms with Gasteiger partial charge < -0.3 is 30.4 Å². The summed E-state index contributed by atoms with van der Waals surface area (Å²) in [6.07, 6.45) is -0.859. The van der Waals surface area contributed by atoms with Crippen molar-refractivity contribution in [3.05, 3.63) is 78.4 Å². The molecule has 0 aliphatic carbocycles. The van der Waals surface area contributed by atoms with Crippen molar-refractivity contribution in [3.63, 3.8) is 0 Å². The van der Waals surface area contributed by atoms with Crippen molar-refractivity contribution in [2.24, 2.45) is 10.7 Å². The lowest BCUT2D eigenvalue weighted by atomic mass is 10.1. The normalized spacial score (nSPS) is 12.2. The topological polar surface area (TPSA) is 98.3 Å². The fourth-order valence-electron chi connectivity index (χ4n) is 2.76. The summed E-state index contributed by atoms with van der Waals surface area (Å²) in [4.78, 5) is 4.23. The second-order valence-electron chi connectivity index (χ2n) is 6.46. The smallest absolute Gasteiger partial charge is 0.193 e. The van der Waals surface area contributed by atoms with Crippen molar-refractivity contribution in [2.75, 3.05) is 26.1 Å². The quantitative estimate of drug-likeness (QED) is 0.386. The Balaban J connectivity index is 1.63. The first-order valence-electron chi connectivity index (χ1n) is 9.38. The van der Waals surface area contributed by atoms with Gasteiger partial charge >= 0.3 is 0 Å². The summed E-state index contributed by atoms with van der Waals surface area (Å²) in [6, 6.07) is 22.1. The van der Waals surface area contributed by atoms with Gasteiger partial charge in [-0.2, -0.15) is 0 Å². The fourth-order valence-corrected chi connectivity index (χ4v) is 2.76. The summed E-state index contributed by atoms with van der Waals surface area (Å²) in [5.74, 6) is 2.78. The highest BCUT2D eigenvalue weighted by Gasteiger charge is 2.11. The van der Waals surface area contributed by atoms with E-state index in [0.29, 0.717) is 22.8 Å². The Labute approximate surface area is 175 Å². The van der Waals surface area contributed by atoms with E-state index in [1.807, 2.05) is 54.6 Å². The number of benzene rings is 3. The Morgan fingerprint density at radius 1 is 0.900 bits per heavy atom. The lowest BCUT2D eigenvalue weighted by molar-refractivity contribution is 0.186. The number of hydrogen-bond donors (Lipinski definition) is 3. The average Bonchev–Trinajstić information content (AvgIpc) is 2.78. The summed E-state index contributed by atoms with van der Waals surface area (Å²) < 4.78 is 16.3. The molecule has 7 nitrogen and oxygen atoms in total. The molecule has 0 amide bonds. The monoisotopic (exact) mass is 407 g/mol. The van der Waals surface area contributed by atoms with E-state index in [1.165, 1.54) is 0 Å². The number of para-hydroxylation sites is 1. The zero-order chi connectivity index (χ0) is 21.3. The molecular weight excluding hydrogens is 382 g/mol. The minimum absolute atomic E-state index is 0.0787. The van der Waals surface area contributed by atoms with Crippen molar-refractivity contribution in [1.29, 1.82) is 0 Å². The van der Waals surface area contributed by atoms with E-state index in [0.717, 1.165) is 11.4 Å². The maximum atomic E-state index is 10.5. The highest BCUT2D eigenvalue weighted by atomic mass is 16.5. The van der Waals surface area contributed by atoms with Crippen LogP contribution in [-0.2, 0) is 0 Å². The summed E-state index contributed by atoms with van der Waals surface area (Å²) in [7, 11) is 3.11. The molecule has 3 rings (SSSR count). The van der Waals surface area contributed by atoms with Crippen molar-refractivity contribution < 1.29 is 19.3 Å². The Bertz CT molecular complexity index is 970. The molecule has 1 unspecified atom stereocenters. The van der Waals surface area contributed by atoms with Gasteiger partial charge in [-0.25, -0.2) is 0 Å². The Morgan fingerprint density at radius 3 is 2.23 bits per heavy atom. The van der Waals surface area contributed by atoms with Crippen LogP contribution < -0.4 is 25.3 Å². The number of aliphatic hydroxyl groups excluding tert-OH is 1. The van der Waals surface area contributed by atoms with Crippen LogP contribution in [0.5, 0.6) is 23.0 Å². The largest absolute Gasteiger partial charge is 0.497 e. The lowest BCUT2D eigenvalue weighted by Gasteiger charge is -2.13. The predicted molar refractivity (Wildman–Crippen MR) is 118 cm³/mol. The van der Waals surface area contributed by atoms with Crippen LogP contribution in [0.3, 0.4) is 0 Å². The standard InChI is InChI=1S/C23H25N3O4/c1-28-20-11-16(12-21(14-20)29-2)22(27)15-25-23(24)26-17-7-6-10-19(13-17)30-18-8-4-3-5-9-18/h3-14,22,27H,15H2,1-2H3,(H3,24,25,26). The maximum Gasteiger partial charge on any atom is 0.193 e. The Kier molecular flexibility index (Phi) is 7.13. The molecule has 7 heteroatoms. The molecule has 0 aromatic heterocycles. The van der Waals surface area contributed by atoms with Gasteiger partial charge in [0.1, 0.15) is 23.0 Å². The number of nitrogens with two attached hydrogens (primary N) is 1. The summed E-state index contributed by atoms with van der Waals surface area (Å²) in [5.41, 5.74) is 7.33. The molecule has 3 aromatic carbocycles. The molecule has 0 fully saturated rings. The van der Waals surface area contributed by atoms with E-state index in [-0.39, 0.29) is 12.5 Å². The fraction of sp³-hybridized carbons (Fsp3) is 0.174. The number of guanidine groups is 1. The number of nitrogens with one attached hydrogen (secondary N) is 1. The van der Waals surface area contributed by atoms with E-state index >= 15 is 0 Å². The van der Waals surface area contributed by atoms with E-state index in [2.05, 4.69) is 10.3 Å². The van der Waals surface area contributed by atoms with E-state index in [1.54, 1.807) is 32.4 Å². The first-order chi connectivity index (χ1) is 14.6. The molecule has 0 saturated carbocycles. The SMILES string of the molecule is COc1cc(OC)cc(C(O)CN=C(N)Nc2cccc(Oc3ccccc3)c2)c1. The van der Waals surface area contributed by atoms with Crippen molar-refractivity contribution in [3.8, 4) is 23.0 Å². The zero-order valence-corrected chi connectivity index (χ0v) is 16.9. The third-order valence-electron chi connectivity index (χ3n) is 4.28. The van der Waals surface area contributed by atoms with Crippen molar-refractivity contribution in [1.82, 2.24) is 0 Å². The molecule has 156 valence electrons. The van der Waals surface area contributed by atoms with Crippen LogP contribution in [0.15, 0.2) is 77.8 Å². The molecular formula is C23H25N3O4. The van der Waals surface area contributed by atoms with Crippen LogP contribution >= 0.6 is 0 Å². The van der Waals surface area contributed by atoms with Crippen LogP contribution in [0.25, 0.3) is 0 Å². The second-order valence-corrected chi connectivity index (χ2v) is 6.46. The number of anilines is 1. The molecule has 0 aliphatic heterocycles. The first kappa shape index (κ1) is 21.0. The van der Waals surface area contributed by atoms with E-state index in [9.17, 15) is 5.11 Å². The predicted octanol–water partition coefficient (Wildman–Crippen LogP) is 3.96. The van der Waals surface area contributed by atoms with Gasteiger partial charge in [0.2, 0.25) is 0 Å². The van der Waals surface area contributed by atoms with Gasteiger partial charge in [-0.15, -0.1) is 0 Å². The van der Waals surface area contributed by atoms with Crippen molar-refractivity contribution in [2.45, 2.75) is 6.10 Å². The van der Waals surface area contributed by atoms with Gasteiger partial charge in [-0.05, 0) is 42.0 Å². The Hall–Kier alpha value is -3.71. The molecule has 0 heterocycles. The highest BCUT2D eigenvalue weighted by molar-refractivity contribution is 5.92. The van der Waals surface area contributed by atoms with Crippen LogP contribution in [0.4, 0.5) is 5.69 Å². The number of aliphatic hydroxyl groups is 1. The number of hydrogen-bond acceptors (Lipinski definition) is 5. The third kappa shape index (κ3) is 5.89. The summed E-state index contributed by atoms with van der Waals surface area (Å²) in [6.45, 7) is 0.0787. The van der Waals surface area contributed by atoms with Gasteiger partial charge in [0.05, 0.1) is 26.9 Å². The minimum atomic E-state index is -0.859. The first-order valence-corrected chi connectivity index (χ1v) is 9.38. The number of aliphatic imine (C=N–C) groups is 1. The number of rotatable bonds is 8. The summed E-state index contributed by atoms with van der Waals surface area (Å²) >= 11 is 0. The molecule has 0 bridgehead atoms. The van der Waals surface area contributed by atoms with Crippen LogP contribution in [0.1, 0.15) is 11.7 Å². The molecule has 0 aliphatic rings. The third-order valence-corrected chi connectivity index (χ3v) is 4.28. The maximum absolute atomic E-state index is 10.5. The van der Waals surface area contributed by atoms with Crippen molar-refractivity contribution >= 4 is 11.6 Å². The van der Waals surface area contributed by atoms with Gasteiger partial charge in [0, 0.05) is 17.8 Å². The second kappa shape index (κ2) is 10.2. The van der Waals surface area contributed by atoms with Gasteiger partial charge in [0.15, 0.2) is 5.96 Å². The molecule has 30 heavy (non-hydrogen) atoms. The Morgan fingerprint density at radius 2 is 1.57 bits per heavy atom. The number of ether oxygens (including phenoxy) is 3. The zero-order valence-electron chi connectivity index (χ0n) is 16.9. The van der Waals surface area contributed by atoms with E-state index < -0.39 is 6.10 Å². The van der Waals surface area contributed by atoms with Crippen LogP contribution in [0, 0.1) is 0 Å². The highest BCUT2D eigenvalue weighted by Crippen LogP contribution is 2.27. The minimum Gasteiger partial charge on any atom is -0.497 e. The average molecular weight is 407 g/mol. The van der Waals surface area contributed by atoms with Gasteiger partial charge in [0.25, 0.3) is 0 Å². The van der Waals surface area contributed by atoms with E-state index in [4.69, 9.17) is 19.9 Å². The lowest BCUT2D eigenvalue weighted by Crippen LogP contribution is -2.23.